The van der Waals surface area contributed by atoms with E-state index in [1.165, 1.54) is 11.3 Å². The van der Waals surface area contributed by atoms with Crippen LogP contribution in [0.25, 0.3) is 0 Å². The largest absolute Gasteiger partial charge is 0.376 e. The Morgan fingerprint density at radius 3 is 2.41 bits per heavy atom. The Kier molecular flexibility index (Phi) is 5.97. The van der Waals surface area contributed by atoms with Gasteiger partial charge in [-0.25, -0.2) is 0 Å². The van der Waals surface area contributed by atoms with E-state index in [2.05, 4.69) is 10.6 Å². The van der Waals surface area contributed by atoms with Crippen LogP contribution in [0.1, 0.15) is 45.1 Å². The molecule has 1 aromatic heterocycles. The third-order valence-corrected chi connectivity index (χ3v) is 4.65. The van der Waals surface area contributed by atoms with Crippen molar-refractivity contribution in [2.24, 2.45) is 0 Å². The highest BCUT2D eigenvalue weighted by atomic mass is 32.1. The summed E-state index contributed by atoms with van der Waals surface area (Å²) >= 11 is 1.50. The summed E-state index contributed by atoms with van der Waals surface area (Å²) in [6, 6.07) is 0.0637. The Morgan fingerprint density at radius 2 is 1.86 bits per heavy atom. The zero-order chi connectivity index (χ0) is 16.1. The SMILES string of the molecule is Cc1cscc1NC(=O)C(=O)NC1CCC(OC(C)C)CC1. The first-order valence-corrected chi connectivity index (χ1v) is 8.70. The fourth-order valence-electron chi connectivity index (χ4n) is 2.65. The zero-order valence-electron chi connectivity index (χ0n) is 13.3. The number of ether oxygens (including phenoxy) is 1. The molecule has 22 heavy (non-hydrogen) atoms. The summed E-state index contributed by atoms with van der Waals surface area (Å²) < 4.78 is 5.78. The summed E-state index contributed by atoms with van der Waals surface area (Å²) in [5.74, 6) is -1.15. The van der Waals surface area contributed by atoms with Crippen molar-refractivity contribution in [3.8, 4) is 0 Å². The van der Waals surface area contributed by atoms with E-state index in [0.29, 0.717) is 5.69 Å². The number of amides is 2. The number of carbonyl (C=O) groups is 2. The average Bonchev–Trinajstić information content (AvgIpc) is 2.86. The molecule has 1 fully saturated rings. The summed E-state index contributed by atoms with van der Waals surface area (Å²) in [6.45, 7) is 5.97. The molecule has 0 spiro atoms. The fourth-order valence-corrected chi connectivity index (χ4v) is 3.43. The van der Waals surface area contributed by atoms with Crippen LogP contribution in [0.5, 0.6) is 0 Å². The van der Waals surface area contributed by atoms with Crippen LogP contribution >= 0.6 is 11.3 Å². The number of hydrogen-bond donors (Lipinski definition) is 2. The van der Waals surface area contributed by atoms with E-state index >= 15 is 0 Å². The molecule has 122 valence electrons. The molecule has 1 saturated carbocycles. The molecule has 6 heteroatoms. The van der Waals surface area contributed by atoms with Gasteiger partial charge in [0.25, 0.3) is 0 Å². The maximum absolute atomic E-state index is 12.0. The van der Waals surface area contributed by atoms with Crippen molar-refractivity contribution in [2.75, 3.05) is 5.32 Å². The van der Waals surface area contributed by atoms with Crippen LogP contribution in [0.15, 0.2) is 10.8 Å². The first-order valence-electron chi connectivity index (χ1n) is 7.75. The molecule has 0 aromatic carbocycles. The smallest absolute Gasteiger partial charge is 0.313 e. The number of hydrogen-bond acceptors (Lipinski definition) is 4. The molecule has 0 saturated heterocycles. The second-order valence-electron chi connectivity index (χ2n) is 6.05. The van der Waals surface area contributed by atoms with Crippen LogP contribution in [-0.4, -0.2) is 30.1 Å². The summed E-state index contributed by atoms with van der Waals surface area (Å²) in [6.07, 6.45) is 4.07. The van der Waals surface area contributed by atoms with E-state index in [-0.39, 0.29) is 18.2 Å². The molecule has 1 aromatic rings. The van der Waals surface area contributed by atoms with Crippen LogP contribution in [-0.2, 0) is 14.3 Å². The second-order valence-corrected chi connectivity index (χ2v) is 6.80. The predicted octanol–water partition coefficient (Wildman–Crippen LogP) is 2.85. The average molecular weight is 324 g/mol. The van der Waals surface area contributed by atoms with Gasteiger partial charge in [-0.05, 0) is 57.4 Å². The minimum absolute atomic E-state index is 0.0637. The molecular formula is C16H24N2O3S. The van der Waals surface area contributed by atoms with Gasteiger partial charge in [-0.2, -0.15) is 0 Å². The number of rotatable bonds is 4. The van der Waals surface area contributed by atoms with Gasteiger partial charge < -0.3 is 15.4 Å². The third-order valence-electron chi connectivity index (χ3n) is 3.78. The highest BCUT2D eigenvalue weighted by Crippen LogP contribution is 2.22. The van der Waals surface area contributed by atoms with Crippen LogP contribution in [0, 0.1) is 6.92 Å². The van der Waals surface area contributed by atoms with Gasteiger partial charge in [-0.3, -0.25) is 9.59 Å². The number of anilines is 1. The van der Waals surface area contributed by atoms with Crippen molar-refractivity contribution in [3.05, 3.63) is 16.3 Å². The van der Waals surface area contributed by atoms with E-state index in [0.717, 1.165) is 31.2 Å². The van der Waals surface area contributed by atoms with Crippen molar-refractivity contribution in [3.63, 3.8) is 0 Å². The lowest BCUT2D eigenvalue weighted by atomic mass is 9.93. The van der Waals surface area contributed by atoms with Gasteiger partial charge in [0.2, 0.25) is 0 Å². The van der Waals surface area contributed by atoms with Gasteiger partial charge in [0.1, 0.15) is 0 Å². The Morgan fingerprint density at radius 1 is 1.18 bits per heavy atom. The minimum atomic E-state index is -0.595. The Balaban J connectivity index is 1.76. The molecule has 0 atom stereocenters. The monoisotopic (exact) mass is 324 g/mol. The van der Waals surface area contributed by atoms with Crippen LogP contribution < -0.4 is 10.6 Å². The van der Waals surface area contributed by atoms with Gasteiger partial charge in [0, 0.05) is 11.4 Å². The first-order chi connectivity index (χ1) is 10.5. The molecular weight excluding hydrogens is 300 g/mol. The maximum atomic E-state index is 12.0. The predicted molar refractivity (Wildman–Crippen MR) is 88.1 cm³/mol. The fraction of sp³-hybridized carbons (Fsp3) is 0.625. The van der Waals surface area contributed by atoms with Crippen LogP contribution in [0.2, 0.25) is 0 Å². The van der Waals surface area contributed by atoms with Crippen molar-refractivity contribution in [2.45, 2.75) is 64.7 Å². The molecule has 1 aliphatic carbocycles. The summed E-state index contributed by atoms with van der Waals surface area (Å²) in [5.41, 5.74) is 1.68. The standard InChI is InChI=1S/C16H24N2O3S/c1-10(2)21-13-6-4-12(5-7-13)17-15(19)16(20)18-14-9-22-8-11(14)3/h8-10,12-13H,4-7H2,1-3H3,(H,17,19)(H,18,20). The van der Waals surface area contributed by atoms with Gasteiger partial charge in [-0.1, -0.05) is 0 Å². The Labute approximate surface area is 135 Å². The van der Waals surface area contributed by atoms with E-state index in [1.54, 1.807) is 0 Å². The molecule has 1 aliphatic rings. The van der Waals surface area contributed by atoms with E-state index in [1.807, 2.05) is 31.5 Å². The van der Waals surface area contributed by atoms with E-state index in [4.69, 9.17) is 4.74 Å². The zero-order valence-corrected chi connectivity index (χ0v) is 14.2. The Bertz CT molecular complexity index is 519. The van der Waals surface area contributed by atoms with Gasteiger partial charge in [-0.15, -0.1) is 11.3 Å². The van der Waals surface area contributed by atoms with Crippen molar-refractivity contribution in [1.29, 1.82) is 0 Å². The van der Waals surface area contributed by atoms with Crippen LogP contribution in [0.4, 0.5) is 5.69 Å². The van der Waals surface area contributed by atoms with E-state index in [9.17, 15) is 9.59 Å². The number of nitrogens with one attached hydrogen (secondary N) is 2. The number of thiophene rings is 1. The minimum Gasteiger partial charge on any atom is -0.376 e. The van der Waals surface area contributed by atoms with Gasteiger partial charge >= 0.3 is 11.8 Å². The summed E-state index contributed by atoms with van der Waals surface area (Å²) in [4.78, 5) is 23.9. The van der Waals surface area contributed by atoms with Crippen molar-refractivity contribution in [1.82, 2.24) is 5.32 Å². The summed E-state index contributed by atoms with van der Waals surface area (Å²) in [7, 11) is 0. The van der Waals surface area contributed by atoms with E-state index < -0.39 is 11.8 Å². The second kappa shape index (κ2) is 7.74. The molecule has 0 bridgehead atoms. The number of carbonyl (C=O) groups excluding carboxylic acids is 2. The van der Waals surface area contributed by atoms with Gasteiger partial charge in [0.15, 0.2) is 0 Å². The quantitative estimate of drug-likeness (QED) is 0.837. The van der Waals surface area contributed by atoms with Crippen molar-refractivity contribution >= 4 is 28.8 Å². The number of aryl methyl sites for hydroxylation is 1. The van der Waals surface area contributed by atoms with Crippen LogP contribution in [0.3, 0.4) is 0 Å². The lowest BCUT2D eigenvalue weighted by Crippen LogP contribution is -2.44. The first kappa shape index (κ1) is 17.0. The molecule has 2 rings (SSSR count). The third kappa shape index (κ3) is 4.81. The topological polar surface area (TPSA) is 67.4 Å². The molecule has 5 nitrogen and oxygen atoms in total. The molecule has 0 aliphatic heterocycles. The Hall–Kier alpha value is -1.40. The summed E-state index contributed by atoms with van der Waals surface area (Å²) in [5, 5.41) is 9.23. The maximum Gasteiger partial charge on any atom is 0.313 e. The lowest BCUT2D eigenvalue weighted by molar-refractivity contribution is -0.136. The highest BCUT2D eigenvalue weighted by molar-refractivity contribution is 7.08. The molecule has 0 unspecified atom stereocenters. The highest BCUT2D eigenvalue weighted by Gasteiger charge is 2.25. The van der Waals surface area contributed by atoms with Gasteiger partial charge in [0.05, 0.1) is 17.9 Å². The molecule has 0 radical (unpaired) electrons. The molecule has 1 heterocycles. The molecule has 2 amide bonds. The lowest BCUT2D eigenvalue weighted by Gasteiger charge is -2.30. The molecule has 2 N–H and O–H groups in total. The normalized spacial score (nSPS) is 21.6. The van der Waals surface area contributed by atoms with Crippen molar-refractivity contribution < 1.29 is 14.3 Å².